The molecule has 130 valence electrons. The van der Waals surface area contributed by atoms with Crippen molar-refractivity contribution in [3.05, 3.63) is 53.5 Å². The fraction of sp³-hybridized carbons (Fsp3) is 0.316. The van der Waals surface area contributed by atoms with Gasteiger partial charge in [0.1, 0.15) is 5.76 Å². The molecule has 0 fully saturated rings. The molecule has 3 rings (SSSR count). The van der Waals surface area contributed by atoms with Crippen LogP contribution in [0.3, 0.4) is 0 Å². The number of thioether (sulfide) groups is 1. The Kier molecular flexibility index (Phi) is 5.08. The molecule has 5 nitrogen and oxygen atoms in total. The first-order valence-corrected chi connectivity index (χ1v) is 9.13. The Morgan fingerprint density at radius 2 is 1.96 bits per heavy atom. The summed E-state index contributed by atoms with van der Waals surface area (Å²) in [6, 6.07) is 9.68. The summed E-state index contributed by atoms with van der Waals surface area (Å²) in [6.45, 7) is 5.89. The van der Waals surface area contributed by atoms with Gasteiger partial charge in [-0.2, -0.15) is 0 Å². The number of aromatic nitrogens is 3. The molecule has 0 spiro atoms. The van der Waals surface area contributed by atoms with Gasteiger partial charge in [-0.15, -0.1) is 10.2 Å². The zero-order valence-corrected chi connectivity index (χ0v) is 15.6. The summed E-state index contributed by atoms with van der Waals surface area (Å²) in [7, 11) is 1.90. The average molecular weight is 355 g/mol. The topological polar surface area (TPSA) is 60.9 Å². The van der Waals surface area contributed by atoms with E-state index in [9.17, 15) is 4.79 Å². The van der Waals surface area contributed by atoms with E-state index in [1.807, 2.05) is 55.8 Å². The highest BCUT2D eigenvalue weighted by atomic mass is 32.2. The first-order valence-electron chi connectivity index (χ1n) is 8.25. The molecular weight excluding hydrogens is 334 g/mol. The third-order valence-electron chi connectivity index (χ3n) is 4.23. The lowest BCUT2D eigenvalue weighted by Gasteiger charge is -2.10. The maximum atomic E-state index is 12.7. The number of ketones is 1. The van der Waals surface area contributed by atoms with E-state index in [-0.39, 0.29) is 11.0 Å². The highest BCUT2D eigenvalue weighted by Gasteiger charge is 2.21. The number of hydrogen-bond donors (Lipinski definition) is 0. The summed E-state index contributed by atoms with van der Waals surface area (Å²) in [5, 5.41) is 8.95. The van der Waals surface area contributed by atoms with E-state index in [0.717, 1.165) is 29.1 Å². The zero-order valence-electron chi connectivity index (χ0n) is 14.8. The second-order valence-corrected chi connectivity index (χ2v) is 7.24. The predicted molar refractivity (Wildman–Crippen MR) is 98.9 cm³/mol. The summed E-state index contributed by atoms with van der Waals surface area (Å²) in [5.74, 6) is 1.63. The summed E-state index contributed by atoms with van der Waals surface area (Å²) >= 11 is 1.42. The lowest BCUT2D eigenvalue weighted by Crippen LogP contribution is -2.14. The first kappa shape index (κ1) is 17.5. The second kappa shape index (κ2) is 7.27. The lowest BCUT2D eigenvalue weighted by atomic mass is 10.1. The van der Waals surface area contributed by atoms with Gasteiger partial charge in [-0.25, -0.2) is 0 Å². The standard InChI is InChI=1S/C19H21N3O2S/c1-5-14-6-8-15(9-7-14)17(23)13(3)25-19-21-20-18(22(19)4)16-10-11-24-12(16)2/h6-11,13H,5H2,1-4H3/t13-/m1/s1. The molecule has 0 N–H and O–H groups in total. The number of nitrogens with zero attached hydrogens (tertiary/aromatic N) is 3. The van der Waals surface area contributed by atoms with Gasteiger partial charge < -0.3 is 8.98 Å². The molecular formula is C19H21N3O2S. The number of carbonyl (C=O) groups is 1. The largest absolute Gasteiger partial charge is 0.469 e. The summed E-state index contributed by atoms with van der Waals surface area (Å²) < 4.78 is 7.23. The number of hydrogen-bond acceptors (Lipinski definition) is 5. The Labute approximate surface area is 151 Å². The molecule has 2 aromatic heterocycles. The van der Waals surface area contributed by atoms with Gasteiger partial charge in [0.05, 0.1) is 17.1 Å². The molecule has 0 amide bonds. The molecule has 0 aliphatic rings. The van der Waals surface area contributed by atoms with Gasteiger partial charge in [-0.1, -0.05) is 43.0 Å². The van der Waals surface area contributed by atoms with Crippen LogP contribution in [-0.4, -0.2) is 25.8 Å². The number of furan rings is 1. The molecule has 0 bridgehead atoms. The molecule has 6 heteroatoms. The van der Waals surface area contributed by atoms with Crippen LogP contribution in [0.2, 0.25) is 0 Å². The molecule has 0 aliphatic heterocycles. The van der Waals surface area contributed by atoms with Crippen molar-refractivity contribution in [3.63, 3.8) is 0 Å². The minimum atomic E-state index is -0.242. The van der Waals surface area contributed by atoms with Crippen molar-refractivity contribution in [2.45, 2.75) is 37.6 Å². The van der Waals surface area contributed by atoms with Gasteiger partial charge in [-0.05, 0) is 31.9 Å². The van der Waals surface area contributed by atoms with Gasteiger partial charge in [0.25, 0.3) is 0 Å². The van der Waals surface area contributed by atoms with Crippen molar-refractivity contribution >= 4 is 17.5 Å². The lowest BCUT2D eigenvalue weighted by molar-refractivity contribution is 0.0994. The Morgan fingerprint density at radius 3 is 2.56 bits per heavy atom. The van der Waals surface area contributed by atoms with Gasteiger partial charge in [0, 0.05) is 12.6 Å². The van der Waals surface area contributed by atoms with Crippen LogP contribution in [0, 0.1) is 6.92 Å². The normalized spacial score (nSPS) is 12.3. The average Bonchev–Trinajstić information content (AvgIpc) is 3.20. The summed E-state index contributed by atoms with van der Waals surface area (Å²) in [6.07, 6.45) is 2.60. The van der Waals surface area contributed by atoms with E-state index >= 15 is 0 Å². The van der Waals surface area contributed by atoms with Crippen LogP contribution in [0.25, 0.3) is 11.4 Å². The highest BCUT2D eigenvalue weighted by molar-refractivity contribution is 8.00. The van der Waals surface area contributed by atoms with Gasteiger partial charge in [0.15, 0.2) is 16.8 Å². The van der Waals surface area contributed by atoms with Gasteiger partial charge in [0.2, 0.25) is 0 Å². The van der Waals surface area contributed by atoms with E-state index in [0.29, 0.717) is 5.16 Å². The molecule has 1 atom stereocenters. The van der Waals surface area contributed by atoms with Crippen molar-refractivity contribution in [3.8, 4) is 11.4 Å². The smallest absolute Gasteiger partial charge is 0.191 e. The quantitative estimate of drug-likeness (QED) is 0.487. The predicted octanol–water partition coefficient (Wildman–Crippen LogP) is 4.31. The van der Waals surface area contributed by atoms with Crippen LogP contribution >= 0.6 is 11.8 Å². The highest BCUT2D eigenvalue weighted by Crippen LogP contribution is 2.29. The second-order valence-electron chi connectivity index (χ2n) is 5.93. The van der Waals surface area contributed by atoms with E-state index in [4.69, 9.17) is 4.42 Å². The summed E-state index contributed by atoms with van der Waals surface area (Å²) in [4.78, 5) is 12.7. The minimum absolute atomic E-state index is 0.0942. The van der Waals surface area contributed by atoms with E-state index in [1.54, 1.807) is 6.26 Å². The van der Waals surface area contributed by atoms with Crippen molar-refractivity contribution < 1.29 is 9.21 Å². The molecule has 2 heterocycles. The maximum absolute atomic E-state index is 12.7. The SMILES string of the molecule is CCc1ccc(C(=O)[C@@H](C)Sc2nnc(-c3ccoc3C)n2C)cc1. The molecule has 25 heavy (non-hydrogen) atoms. The number of benzene rings is 1. The maximum Gasteiger partial charge on any atom is 0.191 e. The number of aryl methyl sites for hydroxylation is 2. The van der Waals surface area contributed by atoms with Gasteiger partial charge >= 0.3 is 0 Å². The van der Waals surface area contributed by atoms with Crippen LogP contribution in [0.5, 0.6) is 0 Å². The first-order chi connectivity index (χ1) is 12.0. The monoisotopic (exact) mass is 355 g/mol. The number of rotatable bonds is 6. The Hall–Kier alpha value is -2.34. The third-order valence-corrected chi connectivity index (χ3v) is 5.37. The molecule has 0 saturated carbocycles. The Bertz CT molecular complexity index is 880. The Morgan fingerprint density at radius 1 is 1.24 bits per heavy atom. The molecule has 0 saturated heterocycles. The minimum Gasteiger partial charge on any atom is -0.469 e. The zero-order chi connectivity index (χ0) is 18.0. The summed E-state index contributed by atoms with van der Waals surface area (Å²) in [5.41, 5.74) is 2.87. The molecule has 0 unspecified atom stereocenters. The third kappa shape index (κ3) is 3.54. The fourth-order valence-corrected chi connectivity index (χ4v) is 3.51. The molecule has 1 aromatic carbocycles. The van der Waals surface area contributed by atoms with Crippen LogP contribution in [0.1, 0.15) is 35.5 Å². The van der Waals surface area contributed by atoms with Crippen LogP contribution < -0.4 is 0 Å². The van der Waals surface area contributed by atoms with Crippen LogP contribution in [0.4, 0.5) is 0 Å². The number of Topliss-reactive ketones (excluding diaryl/α,β-unsaturated/α-hetero) is 1. The molecule has 0 aliphatic carbocycles. The fourth-order valence-electron chi connectivity index (χ4n) is 2.62. The van der Waals surface area contributed by atoms with E-state index in [1.165, 1.54) is 17.3 Å². The van der Waals surface area contributed by atoms with Crippen molar-refractivity contribution in [2.75, 3.05) is 0 Å². The van der Waals surface area contributed by atoms with Crippen LogP contribution in [0.15, 0.2) is 46.2 Å². The van der Waals surface area contributed by atoms with Crippen molar-refractivity contribution in [1.29, 1.82) is 0 Å². The molecule has 3 aromatic rings. The van der Waals surface area contributed by atoms with Crippen molar-refractivity contribution in [1.82, 2.24) is 14.8 Å². The molecule has 0 radical (unpaired) electrons. The van der Waals surface area contributed by atoms with Crippen molar-refractivity contribution in [2.24, 2.45) is 7.05 Å². The van der Waals surface area contributed by atoms with Gasteiger partial charge in [-0.3, -0.25) is 4.79 Å². The Balaban J connectivity index is 1.76. The van der Waals surface area contributed by atoms with E-state index in [2.05, 4.69) is 17.1 Å². The van der Waals surface area contributed by atoms with E-state index < -0.39 is 0 Å². The van der Waals surface area contributed by atoms with Crippen LogP contribution in [-0.2, 0) is 13.5 Å². The number of carbonyl (C=O) groups excluding carboxylic acids is 1.